The molecule has 10 heteroatoms. The second-order valence-electron chi connectivity index (χ2n) is 6.12. The van der Waals surface area contributed by atoms with Crippen LogP contribution >= 0.6 is 23.1 Å². The number of thioether (sulfide) groups is 1. The molecule has 1 N–H and O–H groups in total. The Labute approximate surface area is 169 Å². The maximum atomic E-state index is 12.2. The highest BCUT2D eigenvalue weighted by Crippen LogP contribution is 2.40. The smallest absolute Gasteiger partial charge is 0.277 e. The minimum atomic E-state index is -0.182. The normalized spacial score (nSPS) is 13.4. The number of nitrogens with zero attached hydrogens (tertiary/aromatic N) is 3. The number of thiazole rings is 1. The van der Waals surface area contributed by atoms with Gasteiger partial charge in [0.15, 0.2) is 5.13 Å². The molecular weight excluding hydrogens is 400 g/mol. The van der Waals surface area contributed by atoms with Gasteiger partial charge < -0.3 is 19.2 Å². The molecule has 1 fully saturated rings. The molecule has 0 bridgehead atoms. The van der Waals surface area contributed by atoms with E-state index in [0.717, 1.165) is 24.1 Å². The molecule has 1 aliphatic carbocycles. The largest absolute Gasteiger partial charge is 0.497 e. The molecule has 2 heterocycles. The summed E-state index contributed by atoms with van der Waals surface area (Å²) in [5, 5.41) is 13.6. The van der Waals surface area contributed by atoms with Crippen molar-refractivity contribution in [3.8, 4) is 22.8 Å². The molecule has 2 aromatic heterocycles. The molecule has 0 atom stereocenters. The molecule has 8 nitrogen and oxygen atoms in total. The molecule has 1 saturated carbocycles. The van der Waals surface area contributed by atoms with E-state index in [1.807, 2.05) is 17.5 Å². The SMILES string of the molecule is COc1ccc(-c2csc(NC(=O)CSc3nnc(C4CC4)o3)n2)c(OC)c1. The van der Waals surface area contributed by atoms with Crippen LogP contribution in [0.4, 0.5) is 5.13 Å². The molecule has 0 radical (unpaired) electrons. The number of hydrogen-bond donors (Lipinski definition) is 1. The van der Waals surface area contributed by atoms with Crippen molar-refractivity contribution < 1.29 is 18.7 Å². The monoisotopic (exact) mass is 418 g/mol. The molecular formula is C18H18N4O4S2. The molecule has 0 unspecified atom stereocenters. The average Bonchev–Trinajstić information content (AvgIpc) is 3.28. The average molecular weight is 419 g/mol. The molecule has 0 saturated heterocycles. The highest BCUT2D eigenvalue weighted by molar-refractivity contribution is 7.99. The number of aromatic nitrogens is 3. The van der Waals surface area contributed by atoms with Gasteiger partial charge >= 0.3 is 0 Å². The number of benzene rings is 1. The van der Waals surface area contributed by atoms with Crippen molar-refractivity contribution in [2.75, 3.05) is 25.3 Å². The van der Waals surface area contributed by atoms with Crippen LogP contribution in [-0.2, 0) is 4.79 Å². The van der Waals surface area contributed by atoms with Crippen LogP contribution in [0.15, 0.2) is 33.2 Å². The Bertz CT molecular complexity index is 984. The first kappa shape index (κ1) is 18.8. The summed E-state index contributed by atoms with van der Waals surface area (Å²) in [5.41, 5.74) is 1.55. The maximum Gasteiger partial charge on any atom is 0.277 e. The predicted molar refractivity (Wildman–Crippen MR) is 106 cm³/mol. The lowest BCUT2D eigenvalue weighted by atomic mass is 10.1. The van der Waals surface area contributed by atoms with Crippen LogP contribution in [0.1, 0.15) is 24.7 Å². The summed E-state index contributed by atoms with van der Waals surface area (Å²) in [7, 11) is 3.20. The molecule has 146 valence electrons. The second-order valence-corrected chi connectivity index (χ2v) is 7.91. The quantitative estimate of drug-likeness (QED) is 0.551. The van der Waals surface area contributed by atoms with E-state index in [9.17, 15) is 4.79 Å². The summed E-state index contributed by atoms with van der Waals surface area (Å²) in [6.45, 7) is 0. The van der Waals surface area contributed by atoms with Crippen LogP contribution in [0.5, 0.6) is 11.5 Å². The zero-order valence-electron chi connectivity index (χ0n) is 15.3. The van der Waals surface area contributed by atoms with Crippen molar-refractivity contribution in [2.45, 2.75) is 24.0 Å². The minimum absolute atomic E-state index is 0.174. The van der Waals surface area contributed by atoms with Gasteiger partial charge in [-0.25, -0.2) is 4.98 Å². The molecule has 4 rings (SSSR count). The Hall–Kier alpha value is -2.59. The Morgan fingerprint density at radius 1 is 1.32 bits per heavy atom. The third kappa shape index (κ3) is 4.28. The Kier molecular flexibility index (Phi) is 5.49. The van der Waals surface area contributed by atoms with Crippen LogP contribution in [0.3, 0.4) is 0 Å². The molecule has 3 aromatic rings. The van der Waals surface area contributed by atoms with Crippen molar-refractivity contribution in [1.82, 2.24) is 15.2 Å². The first-order valence-corrected chi connectivity index (χ1v) is 10.5. The van der Waals surface area contributed by atoms with Crippen molar-refractivity contribution in [3.63, 3.8) is 0 Å². The highest BCUT2D eigenvalue weighted by atomic mass is 32.2. The Morgan fingerprint density at radius 2 is 2.18 bits per heavy atom. The maximum absolute atomic E-state index is 12.2. The number of nitrogens with one attached hydrogen (secondary N) is 1. The van der Waals surface area contributed by atoms with Gasteiger partial charge in [0.25, 0.3) is 5.22 Å². The summed E-state index contributed by atoms with van der Waals surface area (Å²) in [6, 6.07) is 5.51. The summed E-state index contributed by atoms with van der Waals surface area (Å²) in [4.78, 5) is 16.7. The van der Waals surface area contributed by atoms with E-state index in [1.54, 1.807) is 20.3 Å². The van der Waals surface area contributed by atoms with E-state index in [4.69, 9.17) is 13.9 Å². The van der Waals surface area contributed by atoms with Gasteiger partial charge in [-0.2, -0.15) is 0 Å². The van der Waals surface area contributed by atoms with Gasteiger partial charge in [-0.15, -0.1) is 21.5 Å². The summed E-state index contributed by atoms with van der Waals surface area (Å²) >= 11 is 2.57. The number of carbonyl (C=O) groups excluding carboxylic acids is 1. The van der Waals surface area contributed by atoms with E-state index < -0.39 is 0 Å². The predicted octanol–water partition coefficient (Wildman–Crippen LogP) is 3.82. The van der Waals surface area contributed by atoms with E-state index in [1.165, 1.54) is 23.1 Å². The molecule has 1 aromatic carbocycles. The van der Waals surface area contributed by atoms with Gasteiger partial charge in [0, 0.05) is 22.9 Å². The van der Waals surface area contributed by atoms with Crippen LogP contribution in [0.25, 0.3) is 11.3 Å². The third-order valence-corrected chi connectivity index (χ3v) is 5.69. The summed E-state index contributed by atoms with van der Waals surface area (Å²) in [5.74, 6) is 2.42. The first-order chi connectivity index (χ1) is 13.7. The van der Waals surface area contributed by atoms with E-state index in [0.29, 0.717) is 33.7 Å². The Balaban J connectivity index is 1.36. The highest BCUT2D eigenvalue weighted by Gasteiger charge is 2.29. The van der Waals surface area contributed by atoms with Gasteiger partial charge in [0.1, 0.15) is 11.5 Å². The fourth-order valence-corrected chi connectivity index (χ4v) is 3.82. The van der Waals surface area contributed by atoms with Gasteiger partial charge in [0.05, 0.1) is 25.7 Å². The molecule has 28 heavy (non-hydrogen) atoms. The van der Waals surface area contributed by atoms with Crippen LogP contribution < -0.4 is 14.8 Å². The third-order valence-electron chi connectivity index (χ3n) is 4.11. The fourth-order valence-electron chi connectivity index (χ4n) is 2.52. The lowest BCUT2D eigenvalue weighted by Crippen LogP contribution is -2.13. The number of anilines is 1. The fraction of sp³-hybridized carbons (Fsp3) is 0.333. The van der Waals surface area contributed by atoms with Crippen molar-refractivity contribution >= 4 is 34.1 Å². The van der Waals surface area contributed by atoms with Crippen molar-refractivity contribution in [1.29, 1.82) is 0 Å². The van der Waals surface area contributed by atoms with Gasteiger partial charge in [-0.3, -0.25) is 4.79 Å². The molecule has 1 aliphatic rings. The minimum Gasteiger partial charge on any atom is -0.497 e. The van der Waals surface area contributed by atoms with Crippen LogP contribution in [-0.4, -0.2) is 41.1 Å². The van der Waals surface area contributed by atoms with Crippen molar-refractivity contribution in [3.05, 3.63) is 29.5 Å². The summed E-state index contributed by atoms with van der Waals surface area (Å²) < 4.78 is 16.2. The standard InChI is InChI=1S/C18H18N4O4S2/c1-24-11-5-6-12(14(7-11)25-2)13-8-27-17(19-13)20-15(23)9-28-18-22-21-16(26-18)10-3-4-10/h5-8,10H,3-4,9H2,1-2H3,(H,19,20,23). The van der Waals surface area contributed by atoms with Crippen LogP contribution in [0, 0.1) is 0 Å². The van der Waals surface area contributed by atoms with E-state index >= 15 is 0 Å². The second kappa shape index (κ2) is 8.19. The zero-order chi connectivity index (χ0) is 19.5. The molecule has 0 aliphatic heterocycles. The topological polar surface area (TPSA) is 99.4 Å². The van der Waals surface area contributed by atoms with Gasteiger partial charge in [-0.1, -0.05) is 11.8 Å². The first-order valence-electron chi connectivity index (χ1n) is 8.60. The van der Waals surface area contributed by atoms with Gasteiger partial charge in [0.2, 0.25) is 11.8 Å². The van der Waals surface area contributed by atoms with E-state index in [2.05, 4.69) is 20.5 Å². The number of rotatable bonds is 8. The summed E-state index contributed by atoms with van der Waals surface area (Å²) in [6.07, 6.45) is 2.19. The van der Waals surface area contributed by atoms with E-state index in [-0.39, 0.29) is 11.7 Å². The molecule has 0 spiro atoms. The van der Waals surface area contributed by atoms with Crippen molar-refractivity contribution in [2.24, 2.45) is 0 Å². The number of hydrogen-bond acceptors (Lipinski definition) is 9. The number of carbonyl (C=O) groups is 1. The van der Waals surface area contributed by atoms with Crippen LogP contribution in [0.2, 0.25) is 0 Å². The number of amides is 1. The number of ether oxygens (including phenoxy) is 2. The lowest BCUT2D eigenvalue weighted by molar-refractivity contribution is -0.113. The van der Waals surface area contributed by atoms with Gasteiger partial charge in [-0.05, 0) is 25.0 Å². The number of methoxy groups -OCH3 is 2. The zero-order valence-corrected chi connectivity index (χ0v) is 16.9. The lowest BCUT2D eigenvalue weighted by Gasteiger charge is -2.08. The molecule has 1 amide bonds. The Morgan fingerprint density at radius 3 is 2.93 bits per heavy atom.